The summed E-state index contributed by atoms with van der Waals surface area (Å²) in [4.78, 5) is 14.9. The predicted octanol–water partition coefficient (Wildman–Crippen LogP) is 0.708. The number of amides is 1. The van der Waals surface area contributed by atoms with Gasteiger partial charge in [-0.3, -0.25) is 9.89 Å². The molecule has 1 amide bonds. The molecule has 136 valence electrons. The Balaban J connectivity index is 0.00000208. The highest BCUT2D eigenvalue weighted by atomic mass is 35.5. The van der Waals surface area contributed by atoms with Gasteiger partial charge in [0.25, 0.3) is 5.91 Å². The minimum Gasteiger partial charge on any atom is -0.385 e. The van der Waals surface area contributed by atoms with Gasteiger partial charge in [-0.1, -0.05) is 0 Å². The van der Waals surface area contributed by atoms with Crippen LogP contribution >= 0.6 is 12.4 Å². The molecular weight excluding hydrogens is 330 g/mol. The van der Waals surface area contributed by atoms with Crippen LogP contribution in [-0.4, -0.2) is 66.9 Å². The molecule has 24 heavy (non-hydrogen) atoms. The average Bonchev–Trinajstić information content (AvgIpc) is 3.01. The van der Waals surface area contributed by atoms with E-state index >= 15 is 0 Å². The molecule has 0 aliphatic carbocycles. The number of hydrogen-bond acceptors (Lipinski definition) is 5. The molecule has 3 N–H and O–H groups in total. The fourth-order valence-electron chi connectivity index (χ4n) is 3.40. The smallest absolute Gasteiger partial charge is 0.272 e. The number of aromatic nitrogens is 2. The quantitative estimate of drug-likeness (QED) is 0.653. The van der Waals surface area contributed by atoms with E-state index in [0.29, 0.717) is 5.69 Å². The molecule has 1 saturated heterocycles. The molecule has 0 aromatic carbocycles. The number of piperidine rings is 1. The van der Waals surface area contributed by atoms with Crippen molar-refractivity contribution < 1.29 is 9.53 Å². The van der Waals surface area contributed by atoms with Gasteiger partial charge in [-0.05, 0) is 19.3 Å². The molecule has 0 radical (unpaired) electrons. The molecule has 0 spiro atoms. The summed E-state index contributed by atoms with van der Waals surface area (Å²) in [5.41, 5.74) is 2.70. The van der Waals surface area contributed by atoms with Gasteiger partial charge in [-0.2, -0.15) is 5.10 Å². The van der Waals surface area contributed by atoms with Crippen LogP contribution in [0.1, 0.15) is 41.0 Å². The first-order chi connectivity index (χ1) is 11.3. The predicted molar refractivity (Wildman–Crippen MR) is 94.7 cm³/mol. The largest absolute Gasteiger partial charge is 0.385 e. The molecule has 0 saturated carbocycles. The fraction of sp³-hybridized carbons (Fsp3) is 0.750. The zero-order valence-electron chi connectivity index (χ0n) is 14.3. The number of likely N-dealkylation sites (tertiary alicyclic amines) is 1. The maximum atomic E-state index is 12.5. The lowest BCUT2D eigenvalue weighted by molar-refractivity contribution is 0.0901. The van der Waals surface area contributed by atoms with Crippen LogP contribution in [0.3, 0.4) is 0 Å². The van der Waals surface area contributed by atoms with Gasteiger partial charge >= 0.3 is 0 Å². The summed E-state index contributed by atoms with van der Waals surface area (Å²) >= 11 is 0. The molecule has 2 aliphatic heterocycles. The SMILES string of the molecule is COCCCN1CCC(NC(=O)c2n[nH]c3c2CNCC3)CC1.Cl. The van der Waals surface area contributed by atoms with Gasteiger partial charge in [-0.25, -0.2) is 0 Å². The summed E-state index contributed by atoms with van der Waals surface area (Å²) in [6, 6.07) is 0.255. The van der Waals surface area contributed by atoms with Gasteiger partial charge in [0.15, 0.2) is 5.69 Å². The first-order valence-corrected chi connectivity index (χ1v) is 8.57. The van der Waals surface area contributed by atoms with Crippen LogP contribution in [0, 0.1) is 0 Å². The van der Waals surface area contributed by atoms with Crippen molar-refractivity contribution in [3.63, 3.8) is 0 Å². The van der Waals surface area contributed by atoms with E-state index < -0.39 is 0 Å². The van der Waals surface area contributed by atoms with Gasteiger partial charge in [0, 0.05) is 70.2 Å². The molecule has 0 atom stereocenters. The summed E-state index contributed by atoms with van der Waals surface area (Å²) in [6.45, 7) is 5.64. The Bertz CT molecular complexity index is 529. The number of halogens is 1. The molecule has 1 fully saturated rings. The highest BCUT2D eigenvalue weighted by Crippen LogP contribution is 2.16. The second-order valence-electron chi connectivity index (χ2n) is 6.39. The number of aromatic amines is 1. The number of fused-ring (bicyclic) bond motifs is 1. The van der Waals surface area contributed by atoms with Crippen molar-refractivity contribution in [2.24, 2.45) is 0 Å². The number of nitrogens with one attached hydrogen (secondary N) is 3. The van der Waals surface area contributed by atoms with Gasteiger partial charge in [0.2, 0.25) is 0 Å². The Kier molecular flexibility index (Phi) is 7.48. The molecule has 7 nitrogen and oxygen atoms in total. The molecule has 3 rings (SSSR count). The van der Waals surface area contributed by atoms with Gasteiger partial charge < -0.3 is 20.3 Å². The zero-order valence-corrected chi connectivity index (χ0v) is 15.1. The van der Waals surface area contributed by atoms with E-state index in [9.17, 15) is 4.79 Å². The van der Waals surface area contributed by atoms with E-state index in [1.54, 1.807) is 7.11 Å². The number of carbonyl (C=O) groups is 1. The number of H-pyrrole nitrogens is 1. The Labute approximate surface area is 149 Å². The zero-order chi connectivity index (χ0) is 16.1. The number of ether oxygens (including phenoxy) is 1. The molecule has 1 aromatic rings. The van der Waals surface area contributed by atoms with Crippen LogP contribution in [0.25, 0.3) is 0 Å². The molecule has 3 heterocycles. The van der Waals surface area contributed by atoms with Crippen LogP contribution < -0.4 is 10.6 Å². The summed E-state index contributed by atoms with van der Waals surface area (Å²) in [5, 5.41) is 13.7. The van der Waals surface area contributed by atoms with Gasteiger partial charge in [0.05, 0.1) is 0 Å². The van der Waals surface area contributed by atoms with E-state index in [1.165, 1.54) is 0 Å². The minimum atomic E-state index is -0.0379. The van der Waals surface area contributed by atoms with E-state index in [1.807, 2.05) is 0 Å². The molecule has 0 unspecified atom stereocenters. The number of rotatable bonds is 6. The second-order valence-corrected chi connectivity index (χ2v) is 6.39. The maximum Gasteiger partial charge on any atom is 0.272 e. The van der Waals surface area contributed by atoms with Crippen LogP contribution in [0.15, 0.2) is 0 Å². The Morgan fingerprint density at radius 3 is 2.96 bits per heavy atom. The van der Waals surface area contributed by atoms with Gasteiger partial charge in [0.1, 0.15) is 0 Å². The third-order valence-corrected chi connectivity index (χ3v) is 4.77. The third-order valence-electron chi connectivity index (χ3n) is 4.77. The highest BCUT2D eigenvalue weighted by Gasteiger charge is 2.25. The number of methoxy groups -OCH3 is 1. The van der Waals surface area contributed by atoms with Crippen molar-refractivity contribution in [2.75, 3.05) is 39.9 Å². The normalized spacial score (nSPS) is 18.7. The Hall–Kier alpha value is -1.15. The van der Waals surface area contributed by atoms with Crippen LogP contribution in [-0.2, 0) is 17.7 Å². The van der Waals surface area contributed by atoms with Crippen LogP contribution in [0.4, 0.5) is 0 Å². The topological polar surface area (TPSA) is 82.3 Å². The van der Waals surface area contributed by atoms with E-state index in [0.717, 1.165) is 76.3 Å². The second kappa shape index (κ2) is 9.36. The summed E-state index contributed by atoms with van der Waals surface area (Å²) < 4.78 is 5.09. The number of carbonyl (C=O) groups excluding carboxylic acids is 1. The Morgan fingerprint density at radius 1 is 1.42 bits per heavy atom. The average molecular weight is 358 g/mol. The van der Waals surface area contributed by atoms with Crippen molar-refractivity contribution in [3.05, 3.63) is 17.0 Å². The molecule has 2 aliphatic rings. The first kappa shape index (κ1) is 19.2. The fourth-order valence-corrected chi connectivity index (χ4v) is 3.40. The van der Waals surface area contributed by atoms with E-state index in [-0.39, 0.29) is 24.4 Å². The molecule has 1 aromatic heterocycles. The monoisotopic (exact) mass is 357 g/mol. The number of nitrogens with zero attached hydrogens (tertiary/aromatic N) is 2. The lowest BCUT2D eigenvalue weighted by Gasteiger charge is -2.32. The molecular formula is C16H28ClN5O2. The maximum absolute atomic E-state index is 12.5. The first-order valence-electron chi connectivity index (χ1n) is 8.57. The molecule has 0 bridgehead atoms. The van der Waals surface area contributed by atoms with Crippen molar-refractivity contribution >= 4 is 18.3 Å². The third kappa shape index (κ3) is 4.69. The van der Waals surface area contributed by atoms with Crippen LogP contribution in [0.2, 0.25) is 0 Å². The van der Waals surface area contributed by atoms with E-state index in [4.69, 9.17) is 4.74 Å². The lowest BCUT2D eigenvalue weighted by atomic mass is 10.0. The highest BCUT2D eigenvalue weighted by molar-refractivity contribution is 5.94. The summed E-state index contributed by atoms with van der Waals surface area (Å²) in [7, 11) is 1.74. The standard InChI is InChI=1S/C16H27N5O2.ClH/c1-23-10-2-7-21-8-4-12(5-9-21)18-16(22)15-13-11-17-6-3-14(13)19-20-15;/h12,17H,2-11H2,1H3,(H,18,22)(H,19,20);1H. The number of hydrogen-bond donors (Lipinski definition) is 3. The van der Waals surface area contributed by atoms with Crippen LogP contribution in [0.5, 0.6) is 0 Å². The van der Waals surface area contributed by atoms with Crippen molar-refractivity contribution in [1.82, 2.24) is 25.7 Å². The lowest BCUT2D eigenvalue weighted by Crippen LogP contribution is -2.45. The molecule has 8 heteroatoms. The summed E-state index contributed by atoms with van der Waals surface area (Å²) in [6.07, 6.45) is 3.99. The van der Waals surface area contributed by atoms with Gasteiger partial charge in [-0.15, -0.1) is 12.4 Å². The Morgan fingerprint density at radius 2 is 2.21 bits per heavy atom. The van der Waals surface area contributed by atoms with Crippen molar-refractivity contribution in [2.45, 2.75) is 38.3 Å². The minimum absolute atomic E-state index is 0. The summed E-state index contributed by atoms with van der Waals surface area (Å²) in [5.74, 6) is -0.0379. The van der Waals surface area contributed by atoms with Crippen molar-refractivity contribution in [1.29, 1.82) is 0 Å². The van der Waals surface area contributed by atoms with E-state index in [2.05, 4.69) is 25.7 Å². The van der Waals surface area contributed by atoms with Crippen molar-refractivity contribution in [3.8, 4) is 0 Å².